The third-order valence-corrected chi connectivity index (χ3v) is 5.56. The minimum absolute atomic E-state index is 0.211. The van der Waals surface area contributed by atoms with Crippen LogP contribution in [-0.4, -0.2) is 28.2 Å². The molecule has 1 aromatic rings. The Morgan fingerprint density at radius 3 is 2.80 bits per heavy atom. The predicted octanol–water partition coefficient (Wildman–Crippen LogP) is 1.61. The molecule has 1 saturated carbocycles. The molecule has 0 radical (unpaired) electrons. The molecule has 1 aliphatic rings. The predicted molar refractivity (Wildman–Crippen MR) is 80.8 cm³/mol. The second-order valence-electron chi connectivity index (χ2n) is 4.88. The second kappa shape index (κ2) is 7.00. The summed E-state index contributed by atoms with van der Waals surface area (Å²) in [5, 5.41) is 0. The van der Waals surface area contributed by atoms with E-state index in [9.17, 15) is 8.42 Å². The largest absolute Gasteiger partial charge is 0.380 e. The van der Waals surface area contributed by atoms with Gasteiger partial charge in [-0.15, -0.1) is 0 Å². The average Bonchev–Trinajstić information content (AvgIpc) is 3.23. The van der Waals surface area contributed by atoms with Crippen LogP contribution < -0.4 is 10.5 Å². The molecule has 0 spiro atoms. The lowest BCUT2D eigenvalue weighted by Crippen LogP contribution is -2.28. The van der Waals surface area contributed by atoms with Crippen LogP contribution in [0.3, 0.4) is 0 Å². The molecule has 1 aromatic carbocycles. The van der Waals surface area contributed by atoms with Gasteiger partial charge in [0.15, 0.2) is 0 Å². The van der Waals surface area contributed by atoms with Crippen LogP contribution in [0.25, 0.3) is 0 Å². The number of halogens is 1. The standard InChI is InChI=1S/C13H19BrN2O3S/c14-12-4-3-11(8-15)7-13(12)20(17,18)16-5-6-19-9-10-1-2-10/h3-4,7,10,16H,1-2,5-6,8-9,15H2. The Bertz CT molecular complexity index is 559. The molecule has 1 fully saturated rings. The minimum Gasteiger partial charge on any atom is -0.380 e. The SMILES string of the molecule is NCc1ccc(Br)c(S(=O)(=O)NCCOCC2CC2)c1. The fraction of sp³-hybridized carbons (Fsp3) is 0.538. The normalized spacial score (nSPS) is 15.5. The number of nitrogens with two attached hydrogens (primary N) is 1. The Labute approximate surface area is 128 Å². The second-order valence-corrected chi connectivity index (χ2v) is 7.47. The number of rotatable bonds is 8. The first-order valence-corrected chi connectivity index (χ1v) is 8.86. The highest BCUT2D eigenvalue weighted by Gasteiger charge is 2.21. The quantitative estimate of drug-likeness (QED) is 0.688. The van der Waals surface area contributed by atoms with E-state index < -0.39 is 10.0 Å². The number of benzene rings is 1. The molecule has 5 nitrogen and oxygen atoms in total. The Hall–Kier alpha value is -0.470. The summed E-state index contributed by atoms with van der Waals surface area (Å²) in [5.41, 5.74) is 6.31. The molecule has 3 N–H and O–H groups in total. The van der Waals surface area contributed by atoms with Crippen molar-refractivity contribution in [3.05, 3.63) is 28.2 Å². The van der Waals surface area contributed by atoms with Gasteiger partial charge in [-0.3, -0.25) is 0 Å². The highest BCUT2D eigenvalue weighted by Crippen LogP contribution is 2.28. The first-order chi connectivity index (χ1) is 9.53. The van der Waals surface area contributed by atoms with Gasteiger partial charge in [-0.25, -0.2) is 13.1 Å². The molecule has 0 bridgehead atoms. The van der Waals surface area contributed by atoms with Crippen LogP contribution in [0.4, 0.5) is 0 Å². The maximum absolute atomic E-state index is 12.2. The van der Waals surface area contributed by atoms with Gasteiger partial charge in [0.05, 0.1) is 11.5 Å². The lowest BCUT2D eigenvalue weighted by Gasteiger charge is -2.10. The van der Waals surface area contributed by atoms with Crippen LogP contribution in [0.1, 0.15) is 18.4 Å². The molecule has 0 aromatic heterocycles. The Morgan fingerprint density at radius 1 is 1.40 bits per heavy atom. The van der Waals surface area contributed by atoms with Crippen LogP contribution in [0.2, 0.25) is 0 Å². The van der Waals surface area contributed by atoms with E-state index in [1.165, 1.54) is 12.8 Å². The highest BCUT2D eigenvalue weighted by atomic mass is 79.9. The summed E-state index contributed by atoms with van der Waals surface area (Å²) < 4.78 is 32.9. The van der Waals surface area contributed by atoms with Gasteiger partial charge in [-0.05, 0) is 52.4 Å². The van der Waals surface area contributed by atoms with E-state index >= 15 is 0 Å². The average molecular weight is 363 g/mol. The minimum atomic E-state index is -3.54. The molecule has 0 atom stereocenters. The van der Waals surface area contributed by atoms with Gasteiger partial charge in [0.2, 0.25) is 10.0 Å². The number of nitrogens with one attached hydrogen (secondary N) is 1. The van der Waals surface area contributed by atoms with Gasteiger partial charge >= 0.3 is 0 Å². The molecule has 0 amide bonds. The number of hydrogen-bond donors (Lipinski definition) is 2. The zero-order chi connectivity index (χ0) is 14.6. The van der Waals surface area contributed by atoms with Crippen molar-refractivity contribution < 1.29 is 13.2 Å². The van der Waals surface area contributed by atoms with Crippen molar-refractivity contribution in [1.82, 2.24) is 4.72 Å². The lowest BCUT2D eigenvalue weighted by atomic mass is 10.2. The number of ether oxygens (including phenoxy) is 1. The van der Waals surface area contributed by atoms with Gasteiger partial charge in [-0.2, -0.15) is 0 Å². The van der Waals surface area contributed by atoms with Crippen LogP contribution in [-0.2, 0) is 21.3 Å². The molecule has 112 valence electrons. The van der Waals surface area contributed by atoms with Crippen molar-refractivity contribution in [2.24, 2.45) is 11.7 Å². The maximum atomic E-state index is 12.2. The third-order valence-electron chi connectivity index (χ3n) is 3.11. The van der Waals surface area contributed by atoms with E-state index in [0.29, 0.717) is 23.5 Å². The molecule has 0 heterocycles. The molecular weight excluding hydrogens is 344 g/mol. The monoisotopic (exact) mass is 362 g/mol. The summed E-state index contributed by atoms with van der Waals surface area (Å²) in [6.07, 6.45) is 2.45. The number of sulfonamides is 1. The summed E-state index contributed by atoms with van der Waals surface area (Å²) in [6, 6.07) is 5.07. The van der Waals surface area contributed by atoms with Crippen molar-refractivity contribution in [3.63, 3.8) is 0 Å². The van der Waals surface area contributed by atoms with Crippen LogP contribution >= 0.6 is 15.9 Å². The van der Waals surface area contributed by atoms with E-state index in [-0.39, 0.29) is 11.4 Å². The van der Waals surface area contributed by atoms with Crippen LogP contribution in [0, 0.1) is 5.92 Å². The summed E-state index contributed by atoms with van der Waals surface area (Å²) >= 11 is 3.25. The zero-order valence-electron chi connectivity index (χ0n) is 11.1. The first-order valence-electron chi connectivity index (χ1n) is 6.59. The van der Waals surface area contributed by atoms with E-state index in [2.05, 4.69) is 20.7 Å². The molecule has 0 aliphatic heterocycles. The van der Waals surface area contributed by atoms with Crippen LogP contribution in [0.5, 0.6) is 0 Å². The third kappa shape index (κ3) is 4.53. The van der Waals surface area contributed by atoms with E-state index in [1.807, 2.05) is 0 Å². The van der Waals surface area contributed by atoms with Crippen molar-refractivity contribution in [3.8, 4) is 0 Å². The molecule has 20 heavy (non-hydrogen) atoms. The Balaban J connectivity index is 1.91. The highest BCUT2D eigenvalue weighted by molar-refractivity contribution is 9.10. The summed E-state index contributed by atoms with van der Waals surface area (Å²) in [5.74, 6) is 0.682. The van der Waals surface area contributed by atoms with Gasteiger partial charge in [0.1, 0.15) is 0 Å². The topological polar surface area (TPSA) is 81.4 Å². The van der Waals surface area contributed by atoms with Gasteiger partial charge in [0, 0.05) is 24.2 Å². The first kappa shape index (κ1) is 15.9. The van der Waals surface area contributed by atoms with E-state index in [0.717, 1.165) is 12.2 Å². The zero-order valence-corrected chi connectivity index (χ0v) is 13.5. The van der Waals surface area contributed by atoms with Gasteiger partial charge < -0.3 is 10.5 Å². The van der Waals surface area contributed by atoms with Crippen molar-refractivity contribution in [2.45, 2.75) is 24.3 Å². The summed E-state index contributed by atoms with van der Waals surface area (Å²) in [4.78, 5) is 0.211. The molecular formula is C13H19BrN2O3S. The van der Waals surface area contributed by atoms with Crippen molar-refractivity contribution in [2.75, 3.05) is 19.8 Å². The molecule has 2 rings (SSSR count). The van der Waals surface area contributed by atoms with Crippen LogP contribution in [0.15, 0.2) is 27.6 Å². The molecule has 0 saturated heterocycles. The summed E-state index contributed by atoms with van der Waals surface area (Å²) in [6.45, 7) is 1.70. The Kier molecular flexibility index (Phi) is 5.57. The van der Waals surface area contributed by atoms with Gasteiger partial charge in [0.25, 0.3) is 0 Å². The fourth-order valence-electron chi connectivity index (χ4n) is 1.74. The maximum Gasteiger partial charge on any atom is 0.241 e. The fourth-order valence-corrected chi connectivity index (χ4v) is 3.77. The van der Waals surface area contributed by atoms with E-state index in [4.69, 9.17) is 10.5 Å². The van der Waals surface area contributed by atoms with Crippen molar-refractivity contribution >= 4 is 26.0 Å². The summed E-state index contributed by atoms with van der Waals surface area (Å²) in [7, 11) is -3.54. The molecule has 0 unspecified atom stereocenters. The van der Waals surface area contributed by atoms with E-state index in [1.54, 1.807) is 18.2 Å². The Morgan fingerprint density at radius 2 is 2.15 bits per heavy atom. The van der Waals surface area contributed by atoms with Crippen molar-refractivity contribution in [1.29, 1.82) is 0 Å². The number of hydrogen-bond acceptors (Lipinski definition) is 4. The molecule has 7 heteroatoms. The smallest absolute Gasteiger partial charge is 0.241 e. The van der Waals surface area contributed by atoms with Gasteiger partial charge in [-0.1, -0.05) is 6.07 Å². The molecule has 1 aliphatic carbocycles. The lowest BCUT2D eigenvalue weighted by molar-refractivity contribution is 0.129.